The number of hydrogen-bond acceptors (Lipinski definition) is 7. The molecule has 1 aromatic carbocycles. The summed E-state index contributed by atoms with van der Waals surface area (Å²) in [6.45, 7) is 0.966. The molecule has 1 atom stereocenters. The van der Waals surface area contributed by atoms with Crippen LogP contribution in [0.5, 0.6) is 0 Å². The summed E-state index contributed by atoms with van der Waals surface area (Å²) in [4.78, 5) is 45.4. The van der Waals surface area contributed by atoms with Crippen LogP contribution >= 0.6 is 0 Å². The quantitative estimate of drug-likeness (QED) is 0.390. The Bertz CT molecular complexity index is 780. The number of rotatable bonds is 8. The van der Waals surface area contributed by atoms with Crippen molar-refractivity contribution in [3.63, 3.8) is 0 Å². The Morgan fingerprint density at radius 3 is 2.44 bits per heavy atom. The van der Waals surface area contributed by atoms with E-state index in [9.17, 15) is 24.5 Å². The maximum atomic E-state index is 12.1. The van der Waals surface area contributed by atoms with E-state index in [1.165, 1.54) is 14.0 Å². The van der Waals surface area contributed by atoms with Gasteiger partial charge in [-0.05, 0) is 30.5 Å². The van der Waals surface area contributed by atoms with Gasteiger partial charge in [-0.25, -0.2) is 4.79 Å². The Balaban J connectivity index is 2.17. The number of carbonyl (C=O) groups is 3. The molecule has 0 radical (unpaired) electrons. The van der Waals surface area contributed by atoms with Gasteiger partial charge in [0.25, 0.3) is 0 Å². The molecule has 0 fully saturated rings. The van der Waals surface area contributed by atoms with Crippen LogP contribution in [0.3, 0.4) is 0 Å². The Morgan fingerprint density at radius 1 is 1.22 bits per heavy atom. The number of Topliss-reactive ketones (excluding diaryl/α,β-unsaturated/α-hetero) is 1. The van der Waals surface area contributed by atoms with Crippen molar-refractivity contribution in [1.82, 2.24) is 0 Å². The molecule has 0 heterocycles. The van der Waals surface area contributed by atoms with Crippen molar-refractivity contribution in [2.45, 2.75) is 38.5 Å². The Kier molecular flexibility index (Phi) is 6.81. The maximum absolute atomic E-state index is 12.1. The summed E-state index contributed by atoms with van der Waals surface area (Å²) in [5, 5.41) is 11.1. The minimum Gasteiger partial charge on any atom is -0.465 e. The number of nitrogens with zero attached hydrogens (tertiary/aromatic N) is 1. The lowest BCUT2D eigenvalue weighted by atomic mass is 9.91. The fourth-order valence-corrected chi connectivity index (χ4v) is 3.12. The second-order valence-corrected chi connectivity index (χ2v) is 6.28. The first-order valence-corrected chi connectivity index (χ1v) is 8.55. The topological polar surface area (TPSA) is 113 Å². The van der Waals surface area contributed by atoms with E-state index in [4.69, 9.17) is 4.74 Å². The Labute approximate surface area is 156 Å². The third-order valence-corrected chi connectivity index (χ3v) is 4.43. The normalized spacial score (nSPS) is 14.8. The number of methoxy groups -OCH3 is 1. The standard InChI is InChI=1S/C19H21NO7/c1-12(21)27-18-10-9-17(22)16(18)8-7-15(11-20(24)25)13-3-5-14(6-4-13)19(23)26-2/h3-6,15H,7-11H2,1-2H3. The van der Waals surface area contributed by atoms with E-state index in [1.54, 1.807) is 24.3 Å². The number of hydrogen-bond donors (Lipinski definition) is 0. The Morgan fingerprint density at radius 2 is 1.89 bits per heavy atom. The van der Waals surface area contributed by atoms with Crippen molar-refractivity contribution in [2.24, 2.45) is 0 Å². The van der Waals surface area contributed by atoms with Gasteiger partial charge in [-0.2, -0.15) is 0 Å². The summed E-state index contributed by atoms with van der Waals surface area (Å²) < 4.78 is 9.74. The second kappa shape index (κ2) is 9.07. The molecule has 0 saturated carbocycles. The van der Waals surface area contributed by atoms with Gasteiger partial charge in [-0.3, -0.25) is 19.7 Å². The van der Waals surface area contributed by atoms with Crippen molar-refractivity contribution in [1.29, 1.82) is 0 Å². The molecule has 0 saturated heterocycles. The molecule has 0 aliphatic heterocycles. The van der Waals surface area contributed by atoms with Gasteiger partial charge in [0.2, 0.25) is 6.54 Å². The van der Waals surface area contributed by atoms with E-state index < -0.39 is 22.8 Å². The van der Waals surface area contributed by atoms with E-state index in [1.807, 2.05) is 0 Å². The number of nitro groups is 1. The van der Waals surface area contributed by atoms with Crippen LogP contribution < -0.4 is 0 Å². The van der Waals surface area contributed by atoms with E-state index in [0.717, 1.165) is 0 Å². The van der Waals surface area contributed by atoms with Gasteiger partial charge in [0.05, 0.1) is 12.7 Å². The number of benzene rings is 1. The molecule has 0 aromatic heterocycles. The molecule has 1 aliphatic carbocycles. The average molecular weight is 375 g/mol. The minimum atomic E-state index is -0.488. The lowest BCUT2D eigenvalue weighted by Crippen LogP contribution is -2.14. The molecular weight excluding hydrogens is 354 g/mol. The highest BCUT2D eigenvalue weighted by Gasteiger charge is 2.27. The molecule has 1 aromatic rings. The van der Waals surface area contributed by atoms with Crippen molar-refractivity contribution < 1.29 is 28.8 Å². The molecule has 0 amide bonds. The fourth-order valence-electron chi connectivity index (χ4n) is 3.12. The summed E-state index contributed by atoms with van der Waals surface area (Å²) in [5.41, 5.74) is 1.48. The highest BCUT2D eigenvalue weighted by atomic mass is 16.6. The van der Waals surface area contributed by atoms with E-state index in [-0.39, 0.29) is 18.7 Å². The van der Waals surface area contributed by atoms with Crippen LogP contribution in [-0.4, -0.2) is 36.3 Å². The van der Waals surface area contributed by atoms with Crippen molar-refractivity contribution >= 4 is 17.7 Å². The lowest BCUT2D eigenvalue weighted by molar-refractivity contribution is -0.483. The van der Waals surface area contributed by atoms with Crippen LogP contribution in [0.4, 0.5) is 0 Å². The summed E-state index contributed by atoms with van der Waals surface area (Å²) >= 11 is 0. The molecule has 1 unspecified atom stereocenters. The van der Waals surface area contributed by atoms with Crippen LogP contribution in [0.2, 0.25) is 0 Å². The first-order valence-electron chi connectivity index (χ1n) is 8.55. The molecule has 0 N–H and O–H groups in total. The molecule has 144 valence electrons. The number of carbonyl (C=O) groups excluding carboxylic acids is 3. The molecular formula is C19H21NO7. The third kappa shape index (κ3) is 5.47. The zero-order valence-corrected chi connectivity index (χ0v) is 15.2. The van der Waals surface area contributed by atoms with Gasteiger partial charge < -0.3 is 9.47 Å². The Hall–Kier alpha value is -3.03. The van der Waals surface area contributed by atoms with E-state index in [2.05, 4.69) is 4.74 Å². The molecule has 2 rings (SSSR count). The van der Waals surface area contributed by atoms with Gasteiger partial charge in [0.15, 0.2) is 5.78 Å². The predicted molar refractivity (Wildman–Crippen MR) is 94.7 cm³/mol. The summed E-state index contributed by atoms with van der Waals surface area (Å²) in [7, 11) is 1.28. The molecule has 0 spiro atoms. The molecule has 27 heavy (non-hydrogen) atoms. The van der Waals surface area contributed by atoms with Crippen LogP contribution in [0.25, 0.3) is 0 Å². The van der Waals surface area contributed by atoms with Gasteiger partial charge in [-0.1, -0.05) is 12.1 Å². The smallest absolute Gasteiger partial charge is 0.337 e. The molecule has 8 heteroatoms. The van der Waals surface area contributed by atoms with E-state index in [0.29, 0.717) is 41.7 Å². The number of ketones is 1. The fraction of sp³-hybridized carbons (Fsp3) is 0.421. The van der Waals surface area contributed by atoms with Crippen LogP contribution in [-0.2, 0) is 19.1 Å². The second-order valence-electron chi connectivity index (χ2n) is 6.28. The molecule has 0 bridgehead atoms. The summed E-state index contributed by atoms with van der Waals surface area (Å²) in [6.07, 6.45) is 1.30. The summed E-state index contributed by atoms with van der Waals surface area (Å²) in [5.74, 6) is -1.13. The van der Waals surface area contributed by atoms with Gasteiger partial charge in [-0.15, -0.1) is 0 Å². The zero-order valence-electron chi connectivity index (χ0n) is 15.2. The molecule has 8 nitrogen and oxygen atoms in total. The summed E-state index contributed by atoms with van der Waals surface area (Å²) in [6, 6.07) is 6.41. The first-order chi connectivity index (χ1) is 12.8. The van der Waals surface area contributed by atoms with Crippen molar-refractivity contribution in [2.75, 3.05) is 13.7 Å². The highest BCUT2D eigenvalue weighted by Crippen LogP contribution is 2.31. The van der Waals surface area contributed by atoms with Gasteiger partial charge in [0, 0.05) is 36.2 Å². The number of ether oxygens (including phenoxy) is 2. The van der Waals surface area contributed by atoms with Crippen LogP contribution in [0.1, 0.15) is 54.4 Å². The molecule has 1 aliphatic rings. The van der Waals surface area contributed by atoms with Crippen LogP contribution in [0, 0.1) is 10.1 Å². The van der Waals surface area contributed by atoms with Gasteiger partial charge >= 0.3 is 11.9 Å². The number of esters is 2. The number of allylic oxidation sites excluding steroid dienone is 2. The maximum Gasteiger partial charge on any atom is 0.337 e. The third-order valence-electron chi connectivity index (χ3n) is 4.43. The first kappa shape index (κ1) is 20.3. The monoisotopic (exact) mass is 375 g/mol. The lowest BCUT2D eigenvalue weighted by Gasteiger charge is -2.14. The highest BCUT2D eigenvalue weighted by molar-refractivity contribution is 5.98. The van der Waals surface area contributed by atoms with Crippen LogP contribution in [0.15, 0.2) is 35.6 Å². The SMILES string of the molecule is COC(=O)c1ccc(C(CCC2=C(OC(C)=O)CCC2=O)C[N+](=O)[O-])cc1. The average Bonchev–Trinajstić information content (AvgIpc) is 2.96. The minimum absolute atomic E-state index is 0.0906. The van der Waals surface area contributed by atoms with Crippen molar-refractivity contribution in [3.05, 3.63) is 56.8 Å². The van der Waals surface area contributed by atoms with Crippen molar-refractivity contribution in [3.8, 4) is 0 Å². The zero-order chi connectivity index (χ0) is 20.0. The van der Waals surface area contributed by atoms with Gasteiger partial charge in [0.1, 0.15) is 5.76 Å². The largest absolute Gasteiger partial charge is 0.465 e. The predicted octanol–water partition coefficient (Wildman–Crippen LogP) is 2.79. The van der Waals surface area contributed by atoms with E-state index >= 15 is 0 Å².